The van der Waals surface area contributed by atoms with Gasteiger partial charge in [0.25, 0.3) is 0 Å². The van der Waals surface area contributed by atoms with E-state index in [0.717, 1.165) is 12.8 Å². The lowest BCUT2D eigenvalue weighted by molar-refractivity contribution is -0.135. The van der Waals surface area contributed by atoms with E-state index in [1.165, 1.54) is 11.1 Å². The number of amides is 1. The molecule has 104 valence electrons. The van der Waals surface area contributed by atoms with Crippen molar-refractivity contribution in [1.29, 1.82) is 0 Å². The lowest BCUT2D eigenvalue weighted by Crippen LogP contribution is -2.49. The molecule has 1 unspecified atom stereocenters. The Labute approximate surface area is 115 Å². The van der Waals surface area contributed by atoms with Crippen LogP contribution in [-0.2, 0) is 11.2 Å². The maximum atomic E-state index is 12.5. The van der Waals surface area contributed by atoms with Crippen molar-refractivity contribution in [2.24, 2.45) is 11.1 Å². The van der Waals surface area contributed by atoms with E-state index >= 15 is 0 Å². The summed E-state index contributed by atoms with van der Waals surface area (Å²) in [6, 6.07) is 8.10. The predicted molar refractivity (Wildman–Crippen MR) is 77.7 cm³/mol. The Morgan fingerprint density at radius 2 is 2.00 bits per heavy atom. The van der Waals surface area contributed by atoms with Crippen molar-refractivity contribution in [2.45, 2.75) is 45.7 Å². The molecule has 0 heterocycles. The van der Waals surface area contributed by atoms with Gasteiger partial charge in [0, 0.05) is 7.05 Å². The number of aryl methyl sites for hydroxylation is 1. The van der Waals surface area contributed by atoms with Crippen LogP contribution in [0.25, 0.3) is 0 Å². The summed E-state index contributed by atoms with van der Waals surface area (Å²) < 4.78 is 0. The Bertz CT molecular complexity index is 476. The van der Waals surface area contributed by atoms with Crippen LogP contribution in [0.5, 0.6) is 0 Å². The first-order valence-corrected chi connectivity index (χ1v) is 6.92. The van der Waals surface area contributed by atoms with E-state index in [4.69, 9.17) is 5.73 Å². The number of nitrogens with zero attached hydrogens (tertiary/aromatic N) is 1. The van der Waals surface area contributed by atoms with Crippen LogP contribution in [-0.4, -0.2) is 23.9 Å². The molecule has 0 radical (unpaired) electrons. The largest absolute Gasteiger partial charge is 0.337 e. The normalized spacial score (nSPS) is 19.9. The highest BCUT2D eigenvalue weighted by Crippen LogP contribution is 2.35. The van der Waals surface area contributed by atoms with Crippen LogP contribution in [0.15, 0.2) is 24.3 Å². The van der Waals surface area contributed by atoms with E-state index < -0.39 is 6.04 Å². The van der Waals surface area contributed by atoms with Gasteiger partial charge < -0.3 is 10.6 Å². The van der Waals surface area contributed by atoms with Crippen LogP contribution in [0.1, 0.15) is 44.4 Å². The second kappa shape index (κ2) is 4.97. The Kier molecular flexibility index (Phi) is 3.68. The van der Waals surface area contributed by atoms with E-state index in [1.807, 2.05) is 38.8 Å². The van der Waals surface area contributed by atoms with Crippen molar-refractivity contribution in [3.8, 4) is 0 Å². The third-order valence-electron chi connectivity index (χ3n) is 4.12. The van der Waals surface area contributed by atoms with E-state index in [0.29, 0.717) is 0 Å². The van der Waals surface area contributed by atoms with Crippen molar-refractivity contribution < 1.29 is 4.79 Å². The van der Waals surface area contributed by atoms with Crippen molar-refractivity contribution >= 4 is 5.91 Å². The lowest BCUT2D eigenvalue weighted by Gasteiger charge is -2.33. The molecule has 0 bridgehead atoms. The van der Waals surface area contributed by atoms with Gasteiger partial charge in [-0.15, -0.1) is 0 Å². The maximum Gasteiger partial charge on any atom is 0.240 e. The van der Waals surface area contributed by atoms with Crippen LogP contribution in [0, 0.1) is 5.41 Å². The molecule has 1 aromatic carbocycles. The minimum absolute atomic E-state index is 0.0363. The summed E-state index contributed by atoms with van der Waals surface area (Å²) in [5, 5.41) is 0. The summed E-state index contributed by atoms with van der Waals surface area (Å²) in [6.45, 7) is 6.02. The van der Waals surface area contributed by atoms with Crippen molar-refractivity contribution in [2.75, 3.05) is 7.05 Å². The summed E-state index contributed by atoms with van der Waals surface area (Å²) in [7, 11) is 1.88. The monoisotopic (exact) mass is 260 g/mol. The fraction of sp³-hybridized carbons (Fsp3) is 0.562. The number of hydrogen-bond acceptors (Lipinski definition) is 2. The molecular formula is C16H24N2O. The molecule has 2 N–H and O–H groups in total. The van der Waals surface area contributed by atoms with Gasteiger partial charge in [-0.2, -0.15) is 0 Å². The summed E-state index contributed by atoms with van der Waals surface area (Å²) in [5.41, 5.74) is 8.52. The smallest absolute Gasteiger partial charge is 0.240 e. The number of carbonyl (C=O) groups is 1. The minimum atomic E-state index is -0.453. The first-order chi connectivity index (χ1) is 8.82. The van der Waals surface area contributed by atoms with E-state index in [-0.39, 0.29) is 17.4 Å². The second-order valence-corrected chi connectivity index (χ2v) is 6.55. The first-order valence-electron chi connectivity index (χ1n) is 6.92. The number of carbonyl (C=O) groups excluding carboxylic acids is 1. The minimum Gasteiger partial charge on any atom is -0.337 e. The molecule has 0 saturated heterocycles. The molecule has 0 spiro atoms. The standard InChI is InChI=1S/C16H24N2O/c1-16(2,3)14(17)15(19)18(4)13-10-9-11-7-5-6-8-12(11)13/h5-8,13-14H,9-10,17H2,1-4H3/t13?,14-/m1/s1. The van der Waals surface area contributed by atoms with E-state index in [1.54, 1.807) is 0 Å². The number of benzene rings is 1. The summed E-state index contributed by atoms with van der Waals surface area (Å²) >= 11 is 0. The number of hydrogen-bond donors (Lipinski definition) is 1. The lowest BCUT2D eigenvalue weighted by atomic mass is 9.86. The van der Waals surface area contributed by atoms with Crippen molar-refractivity contribution in [3.05, 3.63) is 35.4 Å². The van der Waals surface area contributed by atoms with Gasteiger partial charge in [0.05, 0.1) is 12.1 Å². The van der Waals surface area contributed by atoms with Gasteiger partial charge in [-0.3, -0.25) is 4.79 Å². The second-order valence-electron chi connectivity index (χ2n) is 6.55. The van der Waals surface area contributed by atoms with Gasteiger partial charge in [0.1, 0.15) is 0 Å². The molecule has 2 rings (SSSR count). The Morgan fingerprint density at radius 3 is 2.63 bits per heavy atom. The fourth-order valence-corrected chi connectivity index (χ4v) is 2.68. The molecule has 0 saturated carbocycles. The Morgan fingerprint density at radius 1 is 1.37 bits per heavy atom. The average Bonchev–Trinajstić information content (AvgIpc) is 2.78. The molecule has 0 aromatic heterocycles. The molecular weight excluding hydrogens is 236 g/mol. The molecule has 2 atom stereocenters. The van der Waals surface area contributed by atoms with E-state index in [9.17, 15) is 4.79 Å². The van der Waals surface area contributed by atoms with Crippen LogP contribution < -0.4 is 5.73 Å². The van der Waals surface area contributed by atoms with Gasteiger partial charge in [0.15, 0.2) is 0 Å². The van der Waals surface area contributed by atoms with Crippen LogP contribution in [0.2, 0.25) is 0 Å². The molecule has 1 aliphatic carbocycles. The van der Waals surface area contributed by atoms with Crippen molar-refractivity contribution in [1.82, 2.24) is 4.90 Å². The zero-order chi connectivity index (χ0) is 14.2. The van der Waals surface area contributed by atoms with Crippen LogP contribution in [0.4, 0.5) is 0 Å². The highest BCUT2D eigenvalue weighted by molar-refractivity contribution is 5.82. The summed E-state index contributed by atoms with van der Waals surface area (Å²) in [4.78, 5) is 14.3. The summed E-state index contributed by atoms with van der Waals surface area (Å²) in [5.74, 6) is 0.0363. The molecule has 19 heavy (non-hydrogen) atoms. The van der Waals surface area contributed by atoms with Crippen molar-refractivity contribution in [3.63, 3.8) is 0 Å². The zero-order valence-corrected chi connectivity index (χ0v) is 12.3. The van der Waals surface area contributed by atoms with Gasteiger partial charge in [-0.05, 0) is 29.4 Å². The van der Waals surface area contributed by atoms with Gasteiger partial charge in [-0.1, -0.05) is 45.0 Å². The molecule has 3 heteroatoms. The van der Waals surface area contributed by atoms with E-state index in [2.05, 4.69) is 18.2 Å². The highest BCUT2D eigenvalue weighted by atomic mass is 16.2. The molecule has 3 nitrogen and oxygen atoms in total. The Hall–Kier alpha value is -1.35. The topological polar surface area (TPSA) is 46.3 Å². The molecule has 1 aliphatic rings. The molecule has 1 aromatic rings. The average molecular weight is 260 g/mol. The van der Waals surface area contributed by atoms with Gasteiger partial charge in [0.2, 0.25) is 5.91 Å². The SMILES string of the molecule is CN(C(=O)[C@@H](N)C(C)(C)C)C1CCc2ccccc21. The fourth-order valence-electron chi connectivity index (χ4n) is 2.68. The molecule has 0 fully saturated rings. The molecule has 1 amide bonds. The number of likely N-dealkylation sites (N-methyl/N-ethyl adjacent to an activating group) is 1. The summed E-state index contributed by atoms with van der Waals surface area (Å²) in [6.07, 6.45) is 2.04. The van der Waals surface area contributed by atoms with Crippen LogP contribution in [0.3, 0.4) is 0 Å². The van der Waals surface area contributed by atoms with Gasteiger partial charge in [-0.25, -0.2) is 0 Å². The Balaban J connectivity index is 2.18. The highest BCUT2D eigenvalue weighted by Gasteiger charge is 2.34. The first kappa shape index (κ1) is 14.1. The maximum absolute atomic E-state index is 12.5. The zero-order valence-electron chi connectivity index (χ0n) is 12.3. The quantitative estimate of drug-likeness (QED) is 0.888. The predicted octanol–water partition coefficient (Wildman–Crippen LogP) is 2.51. The van der Waals surface area contributed by atoms with Gasteiger partial charge >= 0.3 is 0 Å². The third-order valence-corrected chi connectivity index (χ3v) is 4.12. The third kappa shape index (κ3) is 2.66. The molecule has 0 aliphatic heterocycles. The van der Waals surface area contributed by atoms with Crippen LogP contribution >= 0.6 is 0 Å². The number of nitrogens with two attached hydrogens (primary N) is 1. The number of fused-ring (bicyclic) bond motifs is 1. The number of rotatable bonds is 2.